The highest BCUT2D eigenvalue weighted by atomic mass is 32.1. The topological polar surface area (TPSA) is 25.8 Å². The molecule has 0 amide bonds. The van der Waals surface area contributed by atoms with E-state index in [1.807, 2.05) is 12.3 Å². The fourth-order valence-corrected chi connectivity index (χ4v) is 5.53. The van der Waals surface area contributed by atoms with Gasteiger partial charge in [0.2, 0.25) is 0 Å². The summed E-state index contributed by atoms with van der Waals surface area (Å²) in [6, 6.07) is 34.3. The first-order valence-corrected chi connectivity index (χ1v) is 12.4. The van der Waals surface area contributed by atoms with E-state index in [0.29, 0.717) is 5.92 Å². The van der Waals surface area contributed by atoms with Gasteiger partial charge in [0, 0.05) is 28.3 Å². The van der Waals surface area contributed by atoms with Crippen LogP contribution in [-0.2, 0) is 0 Å². The maximum absolute atomic E-state index is 5.09. The van der Waals surface area contributed by atoms with Crippen molar-refractivity contribution in [1.82, 2.24) is 9.97 Å². The van der Waals surface area contributed by atoms with E-state index in [4.69, 9.17) is 9.97 Å². The molecule has 2 nitrogen and oxygen atoms in total. The quantitative estimate of drug-likeness (QED) is 0.264. The second-order valence-corrected chi connectivity index (χ2v) is 9.95. The molecule has 3 heteroatoms. The molecule has 2 heterocycles. The summed E-state index contributed by atoms with van der Waals surface area (Å²) in [4.78, 5) is 9.93. The fraction of sp³-hybridized carbons (Fsp3) is 0.0968. The van der Waals surface area contributed by atoms with Crippen molar-refractivity contribution in [3.05, 3.63) is 109 Å². The largest absolute Gasteiger partial charge is 0.256 e. The predicted octanol–water partition coefficient (Wildman–Crippen LogP) is 8.97. The van der Waals surface area contributed by atoms with Gasteiger partial charge in [0.05, 0.1) is 15.9 Å². The van der Waals surface area contributed by atoms with Crippen molar-refractivity contribution in [2.75, 3.05) is 0 Å². The van der Waals surface area contributed by atoms with Crippen LogP contribution in [0.4, 0.5) is 0 Å². The third kappa shape index (κ3) is 3.68. The second-order valence-electron chi connectivity index (χ2n) is 8.92. The lowest BCUT2D eigenvalue weighted by atomic mass is 9.95. The van der Waals surface area contributed by atoms with E-state index in [-0.39, 0.29) is 0 Å². The van der Waals surface area contributed by atoms with Gasteiger partial charge in [-0.05, 0) is 40.6 Å². The van der Waals surface area contributed by atoms with E-state index in [1.54, 1.807) is 11.3 Å². The first kappa shape index (κ1) is 20.8. The molecular weight excluding hydrogens is 432 g/mol. The lowest BCUT2D eigenvalue weighted by Crippen LogP contribution is -1.91. The van der Waals surface area contributed by atoms with Gasteiger partial charge in [-0.3, -0.25) is 4.98 Å². The summed E-state index contributed by atoms with van der Waals surface area (Å²) in [5, 5.41) is 3.45. The van der Waals surface area contributed by atoms with Gasteiger partial charge in [-0.1, -0.05) is 92.7 Å². The van der Waals surface area contributed by atoms with Crippen LogP contribution in [0.15, 0.2) is 103 Å². The van der Waals surface area contributed by atoms with Crippen LogP contribution in [0, 0.1) is 0 Å². The lowest BCUT2D eigenvalue weighted by molar-refractivity contribution is 0.869. The van der Waals surface area contributed by atoms with Crippen molar-refractivity contribution < 1.29 is 0 Å². The van der Waals surface area contributed by atoms with Gasteiger partial charge in [-0.25, -0.2) is 4.98 Å². The van der Waals surface area contributed by atoms with Crippen LogP contribution in [0.25, 0.3) is 53.9 Å². The Kier molecular flexibility index (Phi) is 5.20. The average Bonchev–Trinajstić information content (AvgIpc) is 3.33. The number of fused-ring (bicyclic) bond motifs is 2. The maximum atomic E-state index is 5.09. The lowest BCUT2D eigenvalue weighted by Gasteiger charge is -2.11. The molecule has 0 radical (unpaired) electrons. The number of aromatic nitrogens is 2. The van der Waals surface area contributed by atoms with E-state index in [2.05, 4.69) is 105 Å². The maximum Gasteiger partial charge on any atom is 0.124 e. The van der Waals surface area contributed by atoms with Gasteiger partial charge in [-0.2, -0.15) is 0 Å². The van der Waals surface area contributed by atoms with E-state index in [1.165, 1.54) is 26.6 Å². The van der Waals surface area contributed by atoms with Gasteiger partial charge in [-0.15, -0.1) is 11.3 Å². The summed E-state index contributed by atoms with van der Waals surface area (Å²) in [7, 11) is 0. The van der Waals surface area contributed by atoms with E-state index >= 15 is 0 Å². The van der Waals surface area contributed by atoms with E-state index in [0.717, 1.165) is 32.9 Å². The summed E-state index contributed by atoms with van der Waals surface area (Å²) in [5.41, 5.74) is 7.99. The van der Waals surface area contributed by atoms with Crippen molar-refractivity contribution in [3.63, 3.8) is 0 Å². The zero-order valence-corrected chi connectivity index (χ0v) is 20.0. The molecule has 2 aromatic heterocycles. The Morgan fingerprint density at radius 3 is 2.18 bits per heavy atom. The third-order valence-electron chi connectivity index (χ3n) is 6.33. The Morgan fingerprint density at radius 2 is 1.44 bits per heavy atom. The highest BCUT2D eigenvalue weighted by Gasteiger charge is 2.16. The minimum absolute atomic E-state index is 0.496. The molecule has 0 saturated carbocycles. The number of pyridine rings is 1. The number of benzene rings is 4. The summed E-state index contributed by atoms with van der Waals surface area (Å²) in [6.45, 7) is 4.47. The Morgan fingerprint density at radius 1 is 0.706 bits per heavy atom. The Bertz CT molecular complexity index is 1620. The molecule has 6 aromatic rings. The Labute approximate surface area is 203 Å². The standard InChI is InChI=1S/C31H24N2S/c1-20(2)23-13-14-26-24(17-23)15-16-32-29(26)25-18-27(21-9-5-3-6-10-21)30-28(19-25)34-31(33-30)22-11-7-4-8-12-22/h3-20H,1-2H3. The van der Waals surface area contributed by atoms with Crippen molar-refractivity contribution in [1.29, 1.82) is 0 Å². The molecule has 0 fully saturated rings. The molecule has 0 aliphatic heterocycles. The fourth-order valence-electron chi connectivity index (χ4n) is 4.49. The number of rotatable bonds is 4. The Balaban J connectivity index is 1.60. The van der Waals surface area contributed by atoms with Gasteiger partial charge < -0.3 is 0 Å². The van der Waals surface area contributed by atoms with Gasteiger partial charge >= 0.3 is 0 Å². The SMILES string of the molecule is CC(C)c1ccc2c(-c3cc(-c4ccccc4)c4nc(-c5ccccc5)sc4c3)nccc2c1. The first-order chi connectivity index (χ1) is 16.7. The molecule has 0 aliphatic rings. The smallest absolute Gasteiger partial charge is 0.124 e. The molecule has 0 spiro atoms. The zero-order valence-electron chi connectivity index (χ0n) is 19.2. The number of nitrogens with zero attached hydrogens (tertiary/aromatic N) is 2. The summed E-state index contributed by atoms with van der Waals surface area (Å²) in [5.74, 6) is 0.496. The molecule has 6 rings (SSSR count). The van der Waals surface area contributed by atoms with Gasteiger partial charge in [0.1, 0.15) is 5.01 Å². The number of thiazole rings is 1. The van der Waals surface area contributed by atoms with Crippen LogP contribution in [-0.4, -0.2) is 9.97 Å². The first-order valence-electron chi connectivity index (χ1n) is 11.6. The van der Waals surface area contributed by atoms with Crippen LogP contribution in [0.5, 0.6) is 0 Å². The molecule has 164 valence electrons. The molecule has 0 unspecified atom stereocenters. The zero-order chi connectivity index (χ0) is 23.1. The van der Waals surface area contributed by atoms with Crippen LogP contribution >= 0.6 is 11.3 Å². The molecule has 0 aliphatic carbocycles. The summed E-state index contributed by atoms with van der Waals surface area (Å²) >= 11 is 1.74. The van der Waals surface area contributed by atoms with Crippen molar-refractivity contribution in [3.8, 4) is 33.0 Å². The Hall–Kier alpha value is -3.82. The van der Waals surface area contributed by atoms with E-state index < -0.39 is 0 Å². The van der Waals surface area contributed by atoms with Gasteiger partial charge in [0.25, 0.3) is 0 Å². The predicted molar refractivity (Wildman–Crippen MR) is 145 cm³/mol. The molecule has 0 bridgehead atoms. The number of hydrogen-bond donors (Lipinski definition) is 0. The van der Waals surface area contributed by atoms with Crippen LogP contribution in [0.2, 0.25) is 0 Å². The highest BCUT2D eigenvalue weighted by Crippen LogP contribution is 2.40. The minimum atomic E-state index is 0.496. The average molecular weight is 457 g/mol. The molecule has 4 aromatic carbocycles. The second kappa shape index (κ2) is 8.51. The third-order valence-corrected chi connectivity index (χ3v) is 7.38. The monoisotopic (exact) mass is 456 g/mol. The van der Waals surface area contributed by atoms with Crippen LogP contribution < -0.4 is 0 Å². The molecule has 0 atom stereocenters. The molecular formula is C31H24N2S. The van der Waals surface area contributed by atoms with Gasteiger partial charge in [0.15, 0.2) is 0 Å². The molecule has 0 saturated heterocycles. The van der Waals surface area contributed by atoms with Crippen molar-refractivity contribution >= 4 is 32.3 Å². The van der Waals surface area contributed by atoms with Crippen LogP contribution in [0.3, 0.4) is 0 Å². The molecule has 34 heavy (non-hydrogen) atoms. The van der Waals surface area contributed by atoms with E-state index in [9.17, 15) is 0 Å². The minimum Gasteiger partial charge on any atom is -0.256 e. The normalized spacial score (nSPS) is 11.5. The molecule has 0 N–H and O–H groups in total. The summed E-state index contributed by atoms with van der Waals surface area (Å²) in [6.07, 6.45) is 1.93. The van der Waals surface area contributed by atoms with Crippen molar-refractivity contribution in [2.45, 2.75) is 19.8 Å². The summed E-state index contributed by atoms with van der Waals surface area (Å²) < 4.78 is 1.17. The number of hydrogen-bond acceptors (Lipinski definition) is 3. The van der Waals surface area contributed by atoms with Crippen LogP contribution in [0.1, 0.15) is 25.3 Å². The van der Waals surface area contributed by atoms with Crippen molar-refractivity contribution in [2.24, 2.45) is 0 Å². The highest BCUT2D eigenvalue weighted by molar-refractivity contribution is 7.21.